The maximum atomic E-state index is 12.4. The average Bonchev–Trinajstić information content (AvgIpc) is 3.35. The molecule has 1 amide bonds. The summed E-state index contributed by atoms with van der Waals surface area (Å²) in [5.41, 5.74) is 0.359. The van der Waals surface area contributed by atoms with Crippen LogP contribution in [0.1, 0.15) is 64.2 Å². The van der Waals surface area contributed by atoms with E-state index in [0.717, 1.165) is 51.1 Å². The van der Waals surface area contributed by atoms with Gasteiger partial charge in [-0.1, -0.05) is 12.8 Å². The zero-order chi connectivity index (χ0) is 18.4. The molecule has 4 aliphatic carbocycles. The lowest BCUT2D eigenvalue weighted by atomic mass is 9.46. The van der Waals surface area contributed by atoms with Crippen LogP contribution in [0.3, 0.4) is 0 Å². The second-order valence-corrected chi connectivity index (χ2v) is 9.51. The molecule has 5 fully saturated rings. The van der Waals surface area contributed by atoms with Gasteiger partial charge in [0.15, 0.2) is 5.96 Å². The largest absolute Gasteiger partial charge is 0.377 e. The Kier molecular flexibility index (Phi) is 4.57. The third-order valence-corrected chi connectivity index (χ3v) is 7.86. The number of fused-ring (bicyclic) bond motifs is 2. The van der Waals surface area contributed by atoms with Crippen molar-refractivity contribution in [1.29, 1.82) is 0 Å². The van der Waals surface area contributed by atoms with Crippen LogP contribution in [-0.2, 0) is 9.53 Å². The molecule has 1 aliphatic heterocycles. The van der Waals surface area contributed by atoms with Crippen LogP contribution in [0.2, 0.25) is 0 Å². The first-order valence-corrected chi connectivity index (χ1v) is 11.1. The standard InChI is InChI=1S/C21H34N4O2/c1-22-20(25-17-16-8-11-27-18(16)21(17)9-3-10-21)24-15-5-2-4-13(12-15)19(26)23-14-6-7-14/h13-18H,2-12H2,1H3,(H,23,26)(H2,22,24,25). The lowest BCUT2D eigenvalue weighted by Gasteiger charge is -2.63. The van der Waals surface area contributed by atoms with Gasteiger partial charge in [-0.15, -0.1) is 0 Å². The molecule has 3 N–H and O–H groups in total. The molecule has 5 atom stereocenters. The van der Waals surface area contributed by atoms with Crippen molar-refractivity contribution in [2.24, 2.45) is 22.2 Å². The number of ether oxygens (including phenoxy) is 1. The van der Waals surface area contributed by atoms with Crippen molar-refractivity contribution >= 4 is 11.9 Å². The predicted octanol–water partition coefficient (Wildman–Crippen LogP) is 1.95. The smallest absolute Gasteiger partial charge is 0.223 e. The number of carbonyl (C=O) groups is 1. The Labute approximate surface area is 162 Å². The minimum Gasteiger partial charge on any atom is -0.377 e. The number of guanidine groups is 1. The van der Waals surface area contributed by atoms with Crippen molar-refractivity contribution in [2.75, 3.05) is 13.7 Å². The first kappa shape index (κ1) is 17.8. The molecule has 0 bridgehead atoms. The maximum Gasteiger partial charge on any atom is 0.223 e. The van der Waals surface area contributed by atoms with Gasteiger partial charge < -0.3 is 20.7 Å². The molecule has 1 heterocycles. The Balaban J connectivity index is 1.17. The van der Waals surface area contributed by atoms with E-state index >= 15 is 0 Å². The van der Waals surface area contributed by atoms with E-state index in [-0.39, 0.29) is 11.8 Å². The van der Waals surface area contributed by atoms with Crippen LogP contribution in [0.25, 0.3) is 0 Å². The minimum atomic E-state index is 0.157. The lowest BCUT2D eigenvalue weighted by Crippen LogP contribution is -2.72. The van der Waals surface area contributed by atoms with Crippen molar-refractivity contribution < 1.29 is 9.53 Å². The molecule has 0 aromatic heterocycles. The number of hydrogen-bond acceptors (Lipinski definition) is 3. The Morgan fingerprint density at radius 3 is 2.56 bits per heavy atom. The fourth-order valence-electron chi connectivity index (χ4n) is 6.07. The molecule has 5 aliphatic rings. The molecule has 0 aromatic rings. The van der Waals surface area contributed by atoms with Gasteiger partial charge in [0.1, 0.15) is 0 Å². The molecule has 5 unspecified atom stereocenters. The first-order chi connectivity index (χ1) is 13.2. The monoisotopic (exact) mass is 374 g/mol. The summed E-state index contributed by atoms with van der Waals surface area (Å²) >= 11 is 0. The molecule has 150 valence electrons. The molecule has 1 saturated heterocycles. The second kappa shape index (κ2) is 6.94. The zero-order valence-corrected chi connectivity index (χ0v) is 16.5. The van der Waals surface area contributed by atoms with Crippen LogP contribution >= 0.6 is 0 Å². The van der Waals surface area contributed by atoms with E-state index < -0.39 is 0 Å². The number of nitrogens with zero attached hydrogens (tertiary/aromatic N) is 1. The van der Waals surface area contributed by atoms with Crippen LogP contribution in [-0.4, -0.2) is 49.8 Å². The van der Waals surface area contributed by atoms with E-state index in [4.69, 9.17) is 4.74 Å². The normalized spacial score (nSPS) is 39.9. The highest BCUT2D eigenvalue weighted by atomic mass is 16.5. The molecular formula is C21H34N4O2. The SMILES string of the molecule is CN=C(NC1CCCC(C(=O)NC2CC2)C1)NC1C2CCOC2C12CCC2. The molecule has 6 heteroatoms. The highest BCUT2D eigenvalue weighted by Crippen LogP contribution is 2.62. The van der Waals surface area contributed by atoms with Gasteiger partial charge in [0.25, 0.3) is 0 Å². The van der Waals surface area contributed by atoms with Gasteiger partial charge in [-0.25, -0.2) is 0 Å². The van der Waals surface area contributed by atoms with E-state index in [0.29, 0.717) is 35.6 Å². The number of rotatable bonds is 4. The van der Waals surface area contributed by atoms with E-state index in [2.05, 4.69) is 20.9 Å². The summed E-state index contributed by atoms with van der Waals surface area (Å²) in [6.45, 7) is 0.918. The van der Waals surface area contributed by atoms with E-state index in [1.54, 1.807) is 0 Å². The fourth-order valence-corrected chi connectivity index (χ4v) is 6.07. The van der Waals surface area contributed by atoms with Crippen molar-refractivity contribution in [2.45, 2.75) is 88.4 Å². The van der Waals surface area contributed by atoms with Gasteiger partial charge in [0.2, 0.25) is 5.91 Å². The van der Waals surface area contributed by atoms with Crippen LogP contribution in [0.15, 0.2) is 4.99 Å². The summed E-state index contributed by atoms with van der Waals surface area (Å²) in [6, 6.07) is 1.30. The van der Waals surface area contributed by atoms with Crippen molar-refractivity contribution in [3.63, 3.8) is 0 Å². The minimum absolute atomic E-state index is 0.157. The quantitative estimate of drug-likeness (QED) is 0.519. The van der Waals surface area contributed by atoms with Gasteiger partial charge in [-0.05, 0) is 51.4 Å². The number of hydrogen-bond donors (Lipinski definition) is 3. The summed E-state index contributed by atoms with van der Waals surface area (Å²) in [7, 11) is 1.87. The molecule has 4 saturated carbocycles. The van der Waals surface area contributed by atoms with Crippen LogP contribution < -0.4 is 16.0 Å². The fraction of sp³-hybridized carbons (Fsp3) is 0.905. The van der Waals surface area contributed by atoms with Gasteiger partial charge in [0.05, 0.1) is 6.10 Å². The summed E-state index contributed by atoms with van der Waals surface area (Å²) in [5.74, 6) is 1.99. The summed E-state index contributed by atoms with van der Waals surface area (Å²) in [6.07, 6.45) is 12.1. The third kappa shape index (κ3) is 3.14. The molecule has 0 radical (unpaired) electrons. The Morgan fingerprint density at radius 1 is 1.00 bits per heavy atom. The molecular weight excluding hydrogens is 340 g/mol. The van der Waals surface area contributed by atoms with E-state index in [9.17, 15) is 4.79 Å². The molecule has 0 aromatic carbocycles. The van der Waals surface area contributed by atoms with Gasteiger partial charge in [-0.2, -0.15) is 0 Å². The van der Waals surface area contributed by atoms with Crippen LogP contribution in [0.5, 0.6) is 0 Å². The van der Waals surface area contributed by atoms with Crippen molar-refractivity contribution in [1.82, 2.24) is 16.0 Å². The topological polar surface area (TPSA) is 74.8 Å². The highest BCUT2D eigenvalue weighted by Gasteiger charge is 2.66. The summed E-state index contributed by atoms with van der Waals surface area (Å²) in [4.78, 5) is 17.0. The molecule has 5 rings (SSSR count). The number of nitrogens with one attached hydrogen (secondary N) is 3. The zero-order valence-electron chi connectivity index (χ0n) is 16.5. The van der Waals surface area contributed by atoms with Crippen molar-refractivity contribution in [3.05, 3.63) is 0 Å². The Morgan fingerprint density at radius 2 is 1.85 bits per heavy atom. The summed E-state index contributed by atoms with van der Waals surface area (Å²) in [5, 5.41) is 10.6. The average molecular weight is 375 g/mol. The molecule has 1 spiro atoms. The second-order valence-electron chi connectivity index (χ2n) is 9.51. The highest BCUT2D eigenvalue weighted by molar-refractivity contribution is 5.81. The number of carbonyl (C=O) groups excluding carboxylic acids is 1. The summed E-state index contributed by atoms with van der Waals surface area (Å²) < 4.78 is 6.04. The van der Waals surface area contributed by atoms with E-state index in [1.807, 2.05) is 7.05 Å². The van der Waals surface area contributed by atoms with Gasteiger partial charge in [-0.3, -0.25) is 9.79 Å². The number of aliphatic imine (C=N–C) groups is 1. The maximum absolute atomic E-state index is 12.4. The van der Waals surface area contributed by atoms with Crippen molar-refractivity contribution in [3.8, 4) is 0 Å². The molecule has 6 nitrogen and oxygen atoms in total. The Bertz CT molecular complexity index is 613. The Hall–Kier alpha value is -1.30. The third-order valence-electron chi connectivity index (χ3n) is 7.86. The number of amides is 1. The lowest BCUT2D eigenvalue weighted by molar-refractivity contribution is -0.171. The van der Waals surface area contributed by atoms with Gasteiger partial charge >= 0.3 is 0 Å². The molecule has 27 heavy (non-hydrogen) atoms. The predicted molar refractivity (Wildman–Crippen MR) is 104 cm³/mol. The first-order valence-electron chi connectivity index (χ1n) is 11.1. The van der Waals surface area contributed by atoms with E-state index in [1.165, 1.54) is 25.7 Å². The van der Waals surface area contributed by atoms with Crippen LogP contribution in [0, 0.1) is 17.3 Å². The van der Waals surface area contributed by atoms with Gasteiger partial charge in [0, 0.05) is 49.0 Å². The van der Waals surface area contributed by atoms with Crippen LogP contribution in [0.4, 0.5) is 0 Å².